The van der Waals surface area contributed by atoms with Crippen LogP contribution in [0.2, 0.25) is 0 Å². The van der Waals surface area contributed by atoms with E-state index in [0.717, 1.165) is 0 Å². The van der Waals surface area contributed by atoms with Gasteiger partial charge in [-0.3, -0.25) is 9.29 Å². The highest BCUT2D eigenvalue weighted by molar-refractivity contribution is 7.94. The Morgan fingerprint density at radius 2 is 2.05 bits per heavy atom. The maximum absolute atomic E-state index is 12.5. The summed E-state index contributed by atoms with van der Waals surface area (Å²) in [6, 6.07) is 1.53. The lowest BCUT2D eigenvalue weighted by Gasteiger charge is -2.28. The molecule has 0 spiro atoms. The maximum Gasteiger partial charge on any atom is 0.339 e. The highest BCUT2D eigenvalue weighted by Crippen LogP contribution is 2.33. The second-order valence-corrected chi connectivity index (χ2v) is 8.24. The van der Waals surface area contributed by atoms with E-state index in [1.54, 1.807) is 20.8 Å². The van der Waals surface area contributed by atoms with Crippen LogP contribution in [0.1, 0.15) is 36.8 Å². The van der Waals surface area contributed by atoms with Gasteiger partial charge in [-0.05, 0) is 26.8 Å². The zero-order chi connectivity index (χ0) is 15.1. The molecule has 2 rings (SSSR count). The number of anilines is 1. The molecule has 0 radical (unpaired) electrons. The zero-order valence-corrected chi connectivity index (χ0v) is 12.8. The summed E-state index contributed by atoms with van der Waals surface area (Å²) in [5, 5.41) is 0. The number of carbonyl (C=O) groups is 1. The van der Waals surface area contributed by atoms with Crippen LogP contribution in [-0.4, -0.2) is 37.8 Å². The first-order valence-corrected chi connectivity index (χ1v) is 7.72. The largest absolute Gasteiger partial charge is 0.465 e. The van der Waals surface area contributed by atoms with Crippen molar-refractivity contribution in [3.05, 3.63) is 23.5 Å². The van der Waals surface area contributed by atoms with Gasteiger partial charge in [-0.25, -0.2) is 13.2 Å². The average molecular weight is 298 g/mol. The fraction of sp³-hybridized carbons (Fsp3) is 0.538. The van der Waals surface area contributed by atoms with Crippen molar-refractivity contribution >= 4 is 21.7 Å². The molecular formula is C13H18N2O4S. The molecule has 110 valence electrons. The number of aromatic nitrogens is 1. The van der Waals surface area contributed by atoms with E-state index in [4.69, 9.17) is 0 Å². The molecule has 2 heterocycles. The maximum atomic E-state index is 12.5. The van der Waals surface area contributed by atoms with Crippen molar-refractivity contribution in [2.45, 2.75) is 31.9 Å². The summed E-state index contributed by atoms with van der Waals surface area (Å²) in [6.07, 6.45) is 1.96. The van der Waals surface area contributed by atoms with E-state index in [1.807, 2.05) is 0 Å². The van der Waals surface area contributed by atoms with Crippen LogP contribution in [0.25, 0.3) is 0 Å². The number of hydrogen-bond acceptors (Lipinski definition) is 5. The molecule has 1 aromatic heterocycles. The molecule has 0 unspecified atom stereocenters. The molecule has 1 aliphatic heterocycles. The number of ether oxygens (including phenoxy) is 1. The van der Waals surface area contributed by atoms with Crippen molar-refractivity contribution < 1.29 is 17.9 Å². The second kappa shape index (κ2) is 4.73. The number of nitrogens with zero attached hydrogens (tertiary/aromatic N) is 2. The van der Waals surface area contributed by atoms with Gasteiger partial charge in [0.15, 0.2) is 0 Å². The highest BCUT2D eigenvalue weighted by Gasteiger charge is 2.39. The van der Waals surface area contributed by atoms with E-state index in [1.165, 1.54) is 23.7 Å². The first-order valence-electron chi connectivity index (χ1n) is 6.28. The summed E-state index contributed by atoms with van der Waals surface area (Å²) in [5.74, 6) is -0.527. The Bertz CT molecular complexity index is 647. The molecule has 1 aliphatic rings. The summed E-state index contributed by atoms with van der Waals surface area (Å²) in [4.78, 5) is 15.7. The Morgan fingerprint density at radius 1 is 1.40 bits per heavy atom. The number of methoxy groups -OCH3 is 1. The van der Waals surface area contributed by atoms with Crippen molar-refractivity contribution in [2.75, 3.05) is 18.0 Å². The van der Waals surface area contributed by atoms with E-state index in [-0.39, 0.29) is 5.56 Å². The van der Waals surface area contributed by atoms with Gasteiger partial charge in [0.25, 0.3) is 0 Å². The number of carbonyl (C=O) groups excluding carboxylic acids is 1. The van der Waals surface area contributed by atoms with Crippen molar-refractivity contribution in [1.29, 1.82) is 0 Å². The smallest absolute Gasteiger partial charge is 0.339 e. The van der Waals surface area contributed by atoms with Crippen molar-refractivity contribution in [1.82, 2.24) is 4.98 Å². The van der Waals surface area contributed by atoms with Gasteiger partial charge in [-0.15, -0.1) is 0 Å². The van der Waals surface area contributed by atoms with Crippen LogP contribution in [0.3, 0.4) is 0 Å². The summed E-state index contributed by atoms with van der Waals surface area (Å²) in [6.45, 7) is 5.31. The number of pyridine rings is 1. The third-order valence-corrected chi connectivity index (χ3v) is 5.76. The standard InChI is InChI=1S/C13H18N2O4S/c1-13(2,3)20(17,18)15-6-5-10-11(15)7-9(8-14-10)12(16)19-4/h7-8H,5-6H2,1-4H3. The minimum absolute atomic E-state index is 0.252. The van der Waals surface area contributed by atoms with Gasteiger partial charge in [0, 0.05) is 19.2 Å². The Kier molecular flexibility index (Phi) is 3.49. The topological polar surface area (TPSA) is 76.6 Å². The Balaban J connectivity index is 2.50. The number of esters is 1. The molecule has 0 saturated heterocycles. The van der Waals surface area contributed by atoms with Crippen molar-refractivity contribution in [2.24, 2.45) is 0 Å². The minimum Gasteiger partial charge on any atom is -0.465 e. The molecule has 0 bridgehead atoms. The van der Waals surface area contributed by atoms with Gasteiger partial charge < -0.3 is 4.74 Å². The van der Waals surface area contributed by atoms with E-state index < -0.39 is 20.7 Å². The lowest BCUT2D eigenvalue weighted by atomic mass is 10.2. The lowest BCUT2D eigenvalue weighted by Crippen LogP contribution is -2.42. The minimum atomic E-state index is -3.50. The van der Waals surface area contributed by atoms with E-state index >= 15 is 0 Å². The molecular weight excluding hydrogens is 280 g/mol. The Hall–Kier alpha value is -1.63. The van der Waals surface area contributed by atoms with Gasteiger partial charge in [0.1, 0.15) is 0 Å². The molecule has 0 fully saturated rings. The summed E-state index contributed by atoms with van der Waals surface area (Å²) >= 11 is 0. The predicted octanol–water partition coefficient (Wildman–Crippen LogP) is 1.36. The van der Waals surface area contributed by atoms with Crippen molar-refractivity contribution in [3.8, 4) is 0 Å². The van der Waals surface area contributed by atoms with Crippen LogP contribution in [-0.2, 0) is 21.2 Å². The second-order valence-electron chi connectivity index (χ2n) is 5.62. The van der Waals surface area contributed by atoms with Crippen LogP contribution in [0.4, 0.5) is 5.69 Å². The molecule has 1 aromatic rings. The third-order valence-electron chi connectivity index (χ3n) is 3.25. The fourth-order valence-electron chi connectivity index (χ4n) is 2.03. The number of fused-ring (bicyclic) bond motifs is 1. The number of sulfonamides is 1. The van der Waals surface area contributed by atoms with E-state index in [9.17, 15) is 13.2 Å². The van der Waals surface area contributed by atoms with Gasteiger partial charge in [-0.2, -0.15) is 0 Å². The normalized spacial score (nSPS) is 15.1. The molecule has 0 saturated carbocycles. The molecule has 0 atom stereocenters. The van der Waals surface area contributed by atoms with Gasteiger partial charge in [0.2, 0.25) is 10.0 Å². The molecule has 6 nitrogen and oxygen atoms in total. The van der Waals surface area contributed by atoms with Crippen LogP contribution in [0, 0.1) is 0 Å². The van der Waals surface area contributed by atoms with E-state index in [2.05, 4.69) is 9.72 Å². The molecule has 7 heteroatoms. The zero-order valence-electron chi connectivity index (χ0n) is 12.0. The van der Waals surface area contributed by atoms with Crippen LogP contribution in [0.15, 0.2) is 12.3 Å². The summed E-state index contributed by atoms with van der Waals surface area (Å²) in [5.41, 5.74) is 1.41. The average Bonchev–Trinajstić information content (AvgIpc) is 2.79. The van der Waals surface area contributed by atoms with Gasteiger partial charge in [0.05, 0.1) is 28.8 Å². The van der Waals surface area contributed by atoms with Crippen molar-refractivity contribution in [3.63, 3.8) is 0 Å². The summed E-state index contributed by atoms with van der Waals surface area (Å²) < 4.78 is 30.2. The molecule has 0 aliphatic carbocycles. The molecule has 20 heavy (non-hydrogen) atoms. The van der Waals surface area contributed by atoms with Gasteiger partial charge >= 0.3 is 5.97 Å². The van der Waals surface area contributed by atoms with Gasteiger partial charge in [-0.1, -0.05) is 0 Å². The predicted molar refractivity (Wildman–Crippen MR) is 75.3 cm³/mol. The number of rotatable bonds is 2. The third kappa shape index (κ3) is 2.26. The summed E-state index contributed by atoms with van der Waals surface area (Å²) in [7, 11) is -2.22. The van der Waals surface area contributed by atoms with E-state index in [0.29, 0.717) is 24.3 Å². The molecule has 0 N–H and O–H groups in total. The fourth-order valence-corrected chi connectivity index (χ4v) is 3.44. The Morgan fingerprint density at radius 3 is 2.60 bits per heavy atom. The quantitative estimate of drug-likeness (QED) is 0.770. The first kappa shape index (κ1) is 14.8. The highest BCUT2D eigenvalue weighted by atomic mass is 32.2. The Labute approximate surface area is 118 Å². The molecule has 0 aromatic carbocycles. The van der Waals surface area contributed by atoms with Crippen LogP contribution >= 0.6 is 0 Å². The first-order chi connectivity index (χ1) is 9.18. The van der Waals surface area contributed by atoms with Crippen LogP contribution < -0.4 is 4.31 Å². The SMILES string of the molecule is COC(=O)c1cnc2c(c1)N(S(=O)(=O)C(C)(C)C)CC2. The molecule has 0 amide bonds. The van der Waals surface area contributed by atoms with Crippen LogP contribution in [0.5, 0.6) is 0 Å². The monoisotopic (exact) mass is 298 g/mol. The lowest BCUT2D eigenvalue weighted by molar-refractivity contribution is 0.0600. The number of hydrogen-bond donors (Lipinski definition) is 0.